The average molecular weight is 242 g/mol. The summed E-state index contributed by atoms with van der Waals surface area (Å²) in [5.41, 5.74) is 0.438. The lowest BCUT2D eigenvalue weighted by atomic mass is 10.2. The first-order valence-corrected chi connectivity index (χ1v) is 5.27. The molecule has 17 heavy (non-hydrogen) atoms. The van der Waals surface area contributed by atoms with E-state index in [1.54, 1.807) is 0 Å². The second-order valence-corrected chi connectivity index (χ2v) is 3.88. The number of anilines is 2. The molecule has 0 spiro atoms. The van der Waals surface area contributed by atoms with Crippen LogP contribution in [0.1, 0.15) is 6.42 Å². The third-order valence-corrected chi connectivity index (χ3v) is 2.61. The van der Waals surface area contributed by atoms with Gasteiger partial charge in [-0.2, -0.15) is 0 Å². The van der Waals surface area contributed by atoms with Crippen molar-refractivity contribution in [3.63, 3.8) is 0 Å². The SMILES string of the molecule is O=C(O)CN1CCCNc2c(F)cc(F)cc21. The van der Waals surface area contributed by atoms with Gasteiger partial charge in [0.15, 0.2) is 5.82 Å². The second-order valence-electron chi connectivity index (χ2n) is 3.88. The molecule has 1 aromatic carbocycles. The summed E-state index contributed by atoms with van der Waals surface area (Å²) >= 11 is 0. The number of halogens is 2. The van der Waals surface area contributed by atoms with Gasteiger partial charge in [0.1, 0.15) is 12.4 Å². The van der Waals surface area contributed by atoms with Gasteiger partial charge in [0.25, 0.3) is 0 Å². The molecule has 1 aliphatic heterocycles. The van der Waals surface area contributed by atoms with Crippen LogP contribution in [0.15, 0.2) is 12.1 Å². The highest BCUT2D eigenvalue weighted by atomic mass is 19.1. The second kappa shape index (κ2) is 4.57. The lowest BCUT2D eigenvalue weighted by Crippen LogP contribution is -2.30. The molecule has 6 heteroatoms. The Morgan fingerprint density at radius 3 is 2.94 bits per heavy atom. The molecule has 1 aromatic rings. The molecule has 0 fully saturated rings. The van der Waals surface area contributed by atoms with Crippen molar-refractivity contribution in [2.75, 3.05) is 29.9 Å². The fourth-order valence-corrected chi connectivity index (χ4v) is 1.92. The van der Waals surface area contributed by atoms with Crippen LogP contribution in [-0.2, 0) is 4.79 Å². The maximum atomic E-state index is 13.5. The Hall–Kier alpha value is -1.85. The topological polar surface area (TPSA) is 52.6 Å². The van der Waals surface area contributed by atoms with Gasteiger partial charge >= 0.3 is 5.97 Å². The highest BCUT2D eigenvalue weighted by Crippen LogP contribution is 2.31. The lowest BCUT2D eigenvalue weighted by molar-refractivity contribution is -0.135. The number of rotatable bonds is 2. The number of benzene rings is 1. The Bertz CT molecular complexity index is 451. The van der Waals surface area contributed by atoms with Gasteiger partial charge in [-0.15, -0.1) is 0 Å². The first kappa shape index (κ1) is 11.6. The molecule has 1 aliphatic rings. The van der Waals surface area contributed by atoms with E-state index in [0.717, 1.165) is 12.1 Å². The molecule has 0 radical (unpaired) electrons. The van der Waals surface area contributed by atoms with Crippen molar-refractivity contribution in [2.24, 2.45) is 0 Å². The molecule has 1 heterocycles. The molecule has 0 amide bonds. The third kappa shape index (κ3) is 2.46. The van der Waals surface area contributed by atoms with Crippen molar-refractivity contribution in [3.05, 3.63) is 23.8 Å². The largest absolute Gasteiger partial charge is 0.480 e. The molecule has 2 rings (SSSR count). The Morgan fingerprint density at radius 2 is 2.24 bits per heavy atom. The summed E-state index contributed by atoms with van der Waals surface area (Å²) in [7, 11) is 0. The summed E-state index contributed by atoms with van der Waals surface area (Å²) in [6.45, 7) is 0.721. The Labute approximate surface area is 96.8 Å². The van der Waals surface area contributed by atoms with Gasteiger partial charge in [0.05, 0.1) is 11.4 Å². The molecule has 0 saturated carbocycles. The fourth-order valence-electron chi connectivity index (χ4n) is 1.92. The molecule has 2 N–H and O–H groups in total. The summed E-state index contributed by atoms with van der Waals surface area (Å²) in [4.78, 5) is 12.2. The maximum absolute atomic E-state index is 13.5. The summed E-state index contributed by atoms with van der Waals surface area (Å²) in [6.07, 6.45) is 0.670. The van der Waals surface area contributed by atoms with E-state index in [-0.39, 0.29) is 17.9 Å². The summed E-state index contributed by atoms with van der Waals surface area (Å²) in [5.74, 6) is -2.43. The Kier molecular flexibility index (Phi) is 3.12. The number of nitrogens with one attached hydrogen (secondary N) is 1. The number of hydrogen-bond donors (Lipinski definition) is 2. The van der Waals surface area contributed by atoms with Crippen molar-refractivity contribution in [1.29, 1.82) is 0 Å². The van der Waals surface area contributed by atoms with Gasteiger partial charge in [-0.1, -0.05) is 0 Å². The zero-order valence-electron chi connectivity index (χ0n) is 9.04. The molecular weight excluding hydrogens is 230 g/mol. The van der Waals surface area contributed by atoms with Crippen LogP contribution in [0.4, 0.5) is 20.2 Å². The minimum Gasteiger partial charge on any atom is -0.480 e. The molecule has 0 bridgehead atoms. The predicted octanol–water partition coefficient (Wildman–Crippen LogP) is 1.67. The highest BCUT2D eigenvalue weighted by molar-refractivity contribution is 5.79. The van der Waals surface area contributed by atoms with E-state index in [0.29, 0.717) is 19.5 Å². The molecule has 4 nitrogen and oxygen atoms in total. The fraction of sp³-hybridized carbons (Fsp3) is 0.364. The van der Waals surface area contributed by atoms with Crippen molar-refractivity contribution >= 4 is 17.3 Å². The van der Waals surface area contributed by atoms with E-state index < -0.39 is 17.6 Å². The molecule has 92 valence electrons. The first-order valence-electron chi connectivity index (χ1n) is 5.27. The minimum absolute atomic E-state index is 0.171. The van der Waals surface area contributed by atoms with E-state index in [1.165, 1.54) is 4.90 Å². The van der Waals surface area contributed by atoms with Crippen LogP contribution in [-0.4, -0.2) is 30.7 Å². The van der Waals surface area contributed by atoms with Crippen LogP contribution in [0.5, 0.6) is 0 Å². The van der Waals surface area contributed by atoms with Crippen LogP contribution in [0, 0.1) is 11.6 Å². The van der Waals surface area contributed by atoms with Gasteiger partial charge < -0.3 is 15.3 Å². The number of carbonyl (C=O) groups is 1. The maximum Gasteiger partial charge on any atom is 0.323 e. The van der Waals surface area contributed by atoms with Crippen LogP contribution >= 0.6 is 0 Å². The van der Waals surface area contributed by atoms with Crippen molar-refractivity contribution in [1.82, 2.24) is 0 Å². The van der Waals surface area contributed by atoms with Crippen molar-refractivity contribution < 1.29 is 18.7 Å². The van der Waals surface area contributed by atoms with E-state index >= 15 is 0 Å². The van der Waals surface area contributed by atoms with Gasteiger partial charge in [-0.3, -0.25) is 4.79 Å². The number of nitrogens with zero attached hydrogens (tertiary/aromatic N) is 1. The number of carboxylic acids is 1. The Morgan fingerprint density at radius 1 is 1.47 bits per heavy atom. The smallest absolute Gasteiger partial charge is 0.323 e. The number of carboxylic acid groups (broad SMARTS) is 1. The van der Waals surface area contributed by atoms with E-state index in [4.69, 9.17) is 5.11 Å². The van der Waals surface area contributed by atoms with Crippen LogP contribution in [0.25, 0.3) is 0 Å². The first-order chi connectivity index (χ1) is 8.08. The van der Waals surface area contributed by atoms with Gasteiger partial charge in [0.2, 0.25) is 0 Å². The molecule has 0 aliphatic carbocycles. The van der Waals surface area contributed by atoms with Crippen LogP contribution in [0.2, 0.25) is 0 Å². The van der Waals surface area contributed by atoms with Crippen molar-refractivity contribution in [3.8, 4) is 0 Å². The quantitative estimate of drug-likeness (QED) is 0.828. The molecule has 0 aromatic heterocycles. The average Bonchev–Trinajstić information content (AvgIpc) is 2.41. The predicted molar refractivity (Wildman–Crippen MR) is 59.3 cm³/mol. The Balaban J connectivity index is 2.43. The van der Waals surface area contributed by atoms with Crippen molar-refractivity contribution in [2.45, 2.75) is 6.42 Å². The normalized spacial score (nSPS) is 14.8. The standard InChI is InChI=1S/C11H12F2N2O2/c12-7-4-8(13)11-9(5-7)15(6-10(16)17)3-1-2-14-11/h4-5,14H,1-3,6H2,(H,16,17). The summed E-state index contributed by atoms with van der Waals surface area (Å²) < 4.78 is 26.7. The minimum atomic E-state index is -1.03. The lowest BCUT2D eigenvalue weighted by Gasteiger charge is -2.22. The summed E-state index contributed by atoms with van der Waals surface area (Å²) in [5, 5.41) is 11.6. The highest BCUT2D eigenvalue weighted by Gasteiger charge is 2.21. The number of fused-ring (bicyclic) bond motifs is 1. The van der Waals surface area contributed by atoms with E-state index in [1.807, 2.05) is 0 Å². The monoisotopic (exact) mass is 242 g/mol. The third-order valence-electron chi connectivity index (χ3n) is 2.61. The van der Waals surface area contributed by atoms with E-state index in [2.05, 4.69) is 5.32 Å². The zero-order valence-corrected chi connectivity index (χ0v) is 9.04. The van der Waals surface area contributed by atoms with Crippen LogP contribution < -0.4 is 10.2 Å². The summed E-state index contributed by atoms with van der Waals surface area (Å²) in [6, 6.07) is 1.94. The molecular formula is C11H12F2N2O2. The number of aliphatic carboxylic acids is 1. The van der Waals surface area contributed by atoms with Gasteiger partial charge in [-0.25, -0.2) is 8.78 Å². The molecule has 0 atom stereocenters. The van der Waals surface area contributed by atoms with Gasteiger partial charge in [-0.05, 0) is 12.5 Å². The van der Waals surface area contributed by atoms with E-state index in [9.17, 15) is 13.6 Å². The number of hydrogen-bond acceptors (Lipinski definition) is 3. The van der Waals surface area contributed by atoms with Gasteiger partial charge in [0, 0.05) is 19.2 Å². The van der Waals surface area contributed by atoms with Crippen LogP contribution in [0.3, 0.4) is 0 Å². The molecule has 0 saturated heterocycles. The molecule has 0 unspecified atom stereocenters. The zero-order chi connectivity index (χ0) is 12.4.